The van der Waals surface area contributed by atoms with Gasteiger partial charge in [-0.15, -0.1) is 0 Å². The summed E-state index contributed by atoms with van der Waals surface area (Å²) in [4.78, 5) is 21.0. The molecule has 0 aliphatic carbocycles. The molecule has 0 heterocycles. The summed E-state index contributed by atoms with van der Waals surface area (Å²) in [5.41, 5.74) is -0.639. The second-order valence-corrected chi connectivity index (χ2v) is 6.63. The van der Waals surface area contributed by atoms with Crippen LogP contribution in [0.4, 0.5) is 5.69 Å². The van der Waals surface area contributed by atoms with E-state index < -0.39 is 37.4 Å². The molecule has 1 rings (SSSR count). The largest absolute Gasteiger partial charge is 0.480 e. The van der Waals surface area contributed by atoms with Gasteiger partial charge in [0, 0.05) is 6.07 Å². The zero-order valence-corrected chi connectivity index (χ0v) is 12.0. The van der Waals surface area contributed by atoms with Crippen molar-refractivity contribution in [1.82, 2.24) is 0 Å². The molecule has 1 aromatic carbocycles. The highest BCUT2D eigenvalue weighted by Gasteiger charge is 2.33. The van der Waals surface area contributed by atoms with Gasteiger partial charge in [-0.1, -0.05) is 24.6 Å². The summed E-state index contributed by atoms with van der Waals surface area (Å²) in [6.45, 7) is 1.41. The Kier molecular flexibility index (Phi) is 5.07. The lowest BCUT2D eigenvalue weighted by molar-refractivity contribution is -0.385. The minimum absolute atomic E-state index is 0.0805. The minimum atomic E-state index is -4.09. The Balaban J connectivity index is 3.29. The molecule has 0 fully saturated rings. The van der Waals surface area contributed by atoms with Crippen LogP contribution in [-0.2, 0) is 20.4 Å². The quantitative estimate of drug-likeness (QED) is 0.633. The van der Waals surface area contributed by atoms with E-state index in [0.717, 1.165) is 6.07 Å². The van der Waals surface area contributed by atoms with Crippen LogP contribution in [-0.4, -0.2) is 29.7 Å². The maximum Gasteiger partial charge on any atom is 0.321 e. The van der Waals surface area contributed by atoms with Crippen molar-refractivity contribution in [1.29, 1.82) is 0 Å². The minimum Gasteiger partial charge on any atom is -0.480 e. The van der Waals surface area contributed by atoms with Gasteiger partial charge < -0.3 is 5.11 Å². The molecule has 1 aromatic rings. The molecule has 0 aromatic heterocycles. The van der Waals surface area contributed by atoms with Gasteiger partial charge in [0.15, 0.2) is 15.1 Å². The molecule has 20 heavy (non-hydrogen) atoms. The maximum atomic E-state index is 12.0. The van der Waals surface area contributed by atoms with Crippen LogP contribution in [0.3, 0.4) is 0 Å². The molecular weight excluding hydrogens is 310 g/mol. The van der Waals surface area contributed by atoms with Crippen molar-refractivity contribution >= 4 is 33.1 Å². The van der Waals surface area contributed by atoms with Crippen LogP contribution in [0.25, 0.3) is 0 Å². The molecule has 0 saturated carbocycles. The number of nitro groups is 1. The van der Waals surface area contributed by atoms with Crippen molar-refractivity contribution in [2.45, 2.75) is 24.3 Å². The van der Waals surface area contributed by atoms with Crippen LogP contribution in [0.2, 0.25) is 5.02 Å². The third-order valence-corrected chi connectivity index (χ3v) is 5.16. The van der Waals surface area contributed by atoms with Crippen LogP contribution in [0.5, 0.6) is 0 Å². The molecule has 0 spiro atoms. The predicted octanol–water partition coefficient (Wildman–Crippen LogP) is 2.03. The molecule has 0 aliphatic heterocycles. The number of rotatable bonds is 6. The van der Waals surface area contributed by atoms with Crippen molar-refractivity contribution in [3.63, 3.8) is 0 Å². The van der Waals surface area contributed by atoms with Gasteiger partial charge in [0.2, 0.25) is 0 Å². The summed E-state index contributed by atoms with van der Waals surface area (Å²) in [5, 5.41) is 18.1. The predicted molar refractivity (Wildman–Crippen MR) is 72.4 cm³/mol. The number of carbonyl (C=O) groups is 1. The average Bonchev–Trinajstić information content (AvgIpc) is 2.30. The Morgan fingerprint density at radius 2 is 2.10 bits per heavy atom. The fourth-order valence-electron chi connectivity index (χ4n) is 1.75. The summed E-state index contributed by atoms with van der Waals surface area (Å²) >= 11 is 5.79. The molecule has 0 bridgehead atoms. The molecule has 1 N–H and O–H groups in total. The van der Waals surface area contributed by atoms with Gasteiger partial charge >= 0.3 is 5.97 Å². The molecule has 7 nitrogen and oxygen atoms in total. The second kappa shape index (κ2) is 6.19. The van der Waals surface area contributed by atoms with Gasteiger partial charge in [-0.3, -0.25) is 14.9 Å². The normalized spacial score (nSPS) is 12.9. The summed E-state index contributed by atoms with van der Waals surface area (Å²) in [6, 6.07) is 3.77. The van der Waals surface area contributed by atoms with Crippen molar-refractivity contribution in [2.75, 3.05) is 0 Å². The van der Waals surface area contributed by atoms with Crippen LogP contribution in [0.1, 0.15) is 18.9 Å². The van der Waals surface area contributed by atoms with E-state index in [2.05, 4.69) is 0 Å². The Hall–Kier alpha value is -1.67. The van der Waals surface area contributed by atoms with E-state index in [1.807, 2.05) is 0 Å². The summed E-state index contributed by atoms with van der Waals surface area (Å²) in [5.74, 6) is -2.27. The molecule has 110 valence electrons. The highest BCUT2D eigenvalue weighted by atomic mass is 35.5. The van der Waals surface area contributed by atoms with Gasteiger partial charge in [0.25, 0.3) is 5.69 Å². The molecule has 1 unspecified atom stereocenters. The first kappa shape index (κ1) is 16.4. The van der Waals surface area contributed by atoms with E-state index in [-0.39, 0.29) is 17.0 Å². The third kappa shape index (κ3) is 3.45. The van der Waals surface area contributed by atoms with Gasteiger partial charge in [-0.2, -0.15) is 0 Å². The van der Waals surface area contributed by atoms with E-state index in [4.69, 9.17) is 16.7 Å². The monoisotopic (exact) mass is 321 g/mol. The van der Waals surface area contributed by atoms with Crippen molar-refractivity contribution in [3.05, 3.63) is 38.9 Å². The van der Waals surface area contributed by atoms with E-state index in [1.54, 1.807) is 0 Å². The summed E-state index contributed by atoms with van der Waals surface area (Å²) in [6.07, 6.45) is -0.129. The number of nitro benzene ring substituents is 1. The van der Waals surface area contributed by atoms with E-state index in [9.17, 15) is 23.3 Å². The molecule has 0 aliphatic rings. The second-order valence-electron chi connectivity index (χ2n) is 4.04. The molecule has 1 atom stereocenters. The van der Waals surface area contributed by atoms with E-state index in [1.165, 1.54) is 19.1 Å². The molecule has 9 heteroatoms. The average molecular weight is 322 g/mol. The molecule has 0 radical (unpaired) electrons. The molecular formula is C11H12ClNO6S. The lowest BCUT2D eigenvalue weighted by atomic mass is 10.2. The number of carboxylic acid groups (broad SMARTS) is 1. The van der Waals surface area contributed by atoms with Gasteiger partial charge in [0.05, 0.1) is 21.3 Å². The van der Waals surface area contributed by atoms with E-state index in [0.29, 0.717) is 0 Å². The standard InChI is InChI=1S/C11H12ClNO6S/c1-2-10(11(14)15)20(18,19)6-7-8(12)4-3-5-9(7)13(16)17/h3-5,10H,2,6H2,1H3,(H,14,15). The Morgan fingerprint density at radius 3 is 2.55 bits per heavy atom. The van der Waals surface area contributed by atoms with Crippen molar-refractivity contribution in [2.24, 2.45) is 0 Å². The number of carboxylic acids is 1. The number of aliphatic carboxylic acids is 1. The zero-order valence-electron chi connectivity index (χ0n) is 10.4. The topological polar surface area (TPSA) is 115 Å². The van der Waals surface area contributed by atoms with Gasteiger partial charge in [-0.05, 0) is 12.5 Å². The first-order valence-electron chi connectivity index (χ1n) is 5.56. The van der Waals surface area contributed by atoms with Gasteiger partial charge in [-0.25, -0.2) is 8.42 Å². The van der Waals surface area contributed by atoms with Crippen molar-refractivity contribution < 1.29 is 23.2 Å². The number of hydrogen-bond acceptors (Lipinski definition) is 5. The lowest BCUT2D eigenvalue weighted by Crippen LogP contribution is -2.30. The highest BCUT2D eigenvalue weighted by Crippen LogP contribution is 2.29. The number of sulfone groups is 1. The number of hydrogen-bond donors (Lipinski definition) is 1. The van der Waals surface area contributed by atoms with Gasteiger partial charge in [0.1, 0.15) is 0 Å². The summed E-state index contributed by atoms with van der Waals surface area (Å²) in [7, 11) is -4.09. The van der Waals surface area contributed by atoms with E-state index >= 15 is 0 Å². The highest BCUT2D eigenvalue weighted by molar-refractivity contribution is 7.92. The first-order valence-corrected chi connectivity index (χ1v) is 7.66. The fraction of sp³-hybridized carbons (Fsp3) is 0.364. The fourth-order valence-corrected chi connectivity index (χ4v) is 3.78. The maximum absolute atomic E-state index is 12.0. The number of benzene rings is 1. The Bertz CT molecular complexity index is 642. The van der Waals surface area contributed by atoms with Crippen LogP contribution in [0.15, 0.2) is 18.2 Å². The smallest absolute Gasteiger partial charge is 0.321 e. The molecule has 0 saturated heterocycles. The third-order valence-electron chi connectivity index (χ3n) is 2.72. The lowest BCUT2D eigenvalue weighted by Gasteiger charge is -2.12. The first-order chi connectivity index (χ1) is 9.20. The number of nitrogens with zero attached hydrogens (tertiary/aromatic N) is 1. The number of halogens is 1. The summed E-state index contributed by atoms with van der Waals surface area (Å²) < 4.78 is 24.1. The van der Waals surface area contributed by atoms with Crippen LogP contribution in [0, 0.1) is 10.1 Å². The van der Waals surface area contributed by atoms with Crippen molar-refractivity contribution in [3.8, 4) is 0 Å². The Morgan fingerprint density at radius 1 is 1.50 bits per heavy atom. The zero-order chi connectivity index (χ0) is 15.5. The van der Waals surface area contributed by atoms with Crippen LogP contribution >= 0.6 is 11.6 Å². The van der Waals surface area contributed by atoms with Crippen LogP contribution < -0.4 is 0 Å². The Labute approximate surface area is 120 Å². The SMILES string of the molecule is CCC(C(=O)O)S(=O)(=O)Cc1c(Cl)cccc1[N+](=O)[O-]. The molecule has 0 amide bonds.